The third-order valence-electron chi connectivity index (χ3n) is 4.00. The lowest BCUT2D eigenvalue weighted by Gasteiger charge is -2.36. The molecule has 112 valence electrons. The molecule has 0 unspecified atom stereocenters. The Kier molecular flexibility index (Phi) is 5.81. The molecule has 1 amide bonds. The summed E-state index contributed by atoms with van der Waals surface area (Å²) in [5, 5.41) is 0. The summed E-state index contributed by atoms with van der Waals surface area (Å²) >= 11 is 0. The molecule has 0 aromatic heterocycles. The average Bonchev–Trinajstić information content (AvgIpc) is 2.27. The number of nitrogens with zero attached hydrogens (tertiary/aromatic N) is 2. The standard InChI is InChI=1S/C15H31N3O/c1-12(2)17(5)11-13-6-8-18(9-7-13)14(19)10-15(3,4)16/h12-13H,6-11,16H2,1-5H3. The minimum atomic E-state index is -0.397. The molecule has 2 N–H and O–H groups in total. The number of carbonyl (C=O) groups is 1. The van der Waals surface area contributed by atoms with Gasteiger partial charge in [0.05, 0.1) is 0 Å². The fraction of sp³-hybridized carbons (Fsp3) is 0.933. The van der Waals surface area contributed by atoms with Gasteiger partial charge in [0.1, 0.15) is 0 Å². The van der Waals surface area contributed by atoms with Gasteiger partial charge in [-0.25, -0.2) is 0 Å². The molecule has 1 aliphatic heterocycles. The summed E-state index contributed by atoms with van der Waals surface area (Å²) in [6.45, 7) is 11.2. The number of amides is 1. The fourth-order valence-electron chi connectivity index (χ4n) is 2.48. The molecule has 1 rings (SSSR count). The summed E-state index contributed by atoms with van der Waals surface area (Å²) in [6.07, 6.45) is 2.69. The van der Waals surface area contributed by atoms with Crippen LogP contribution in [0.2, 0.25) is 0 Å². The van der Waals surface area contributed by atoms with Crippen molar-refractivity contribution in [3.8, 4) is 0 Å². The summed E-state index contributed by atoms with van der Waals surface area (Å²) < 4.78 is 0. The molecule has 1 heterocycles. The van der Waals surface area contributed by atoms with Crippen molar-refractivity contribution in [1.29, 1.82) is 0 Å². The Bertz CT molecular complexity index is 288. The van der Waals surface area contributed by atoms with Crippen LogP contribution in [0.1, 0.15) is 47.0 Å². The third-order valence-corrected chi connectivity index (χ3v) is 4.00. The second-order valence-corrected chi connectivity index (χ2v) is 7.02. The molecule has 0 bridgehead atoms. The van der Waals surface area contributed by atoms with Crippen LogP contribution in [-0.2, 0) is 4.79 Å². The van der Waals surface area contributed by atoms with Gasteiger partial charge >= 0.3 is 0 Å². The molecule has 0 aromatic rings. The van der Waals surface area contributed by atoms with Gasteiger partial charge in [-0.3, -0.25) is 4.79 Å². The molecule has 0 radical (unpaired) electrons. The minimum Gasteiger partial charge on any atom is -0.343 e. The van der Waals surface area contributed by atoms with E-state index in [1.54, 1.807) is 0 Å². The monoisotopic (exact) mass is 269 g/mol. The van der Waals surface area contributed by atoms with Gasteiger partial charge in [0.25, 0.3) is 0 Å². The van der Waals surface area contributed by atoms with Gasteiger partial charge in [-0.15, -0.1) is 0 Å². The Balaban J connectivity index is 2.35. The van der Waals surface area contributed by atoms with Crippen LogP contribution in [0.25, 0.3) is 0 Å². The zero-order valence-corrected chi connectivity index (χ0v) is 13.3. The zero-order valence-electron chi connectivity index (χ0n) is 13.3. The van der Waals surface area contributed by atoms with Gasteiger partial charge in [0.2, 0.25) is 5.91 Å². The first-order valence-corrected chi connectivity index (χ1v) is 7.46. The fourth-order valence-corrected chi connectivity index (χ4v) is 2.48. The molecule has 4 heteroatoms. The zero-order chi connectivity index (χ0) is 14.6. The van der Waals surface area contributed by atoms with Gasteiger partial charge in [-0.2, -0.15) is 0 Å². The second kappa shape index (κ2) is 6.71. The van der Waals surface area contributed by atoms with Crippen LogP contribution in [0.5, 0.6) is 0 Å². The van der Waals surface area contributed by atoms with Crippen molar-refractivity contribution in [3.63, 3.8) is 0 Å². The molecule has 4 nitrogen and oxygen atoms in total. The molecule has 0 spiro atoms. The van der Waals surface area contributed by atoms with E-state index in [-0.39, 0.29) is 5.91 Å². The molecule has 19 heavy (non-hydrogen) atoms. The molecule has 1 saturated heterocycles. The van der Waals surface area contributed by atoms with Crippen molar-refractivity contribution in [3.05, 3.63) is 0 Å². The van der Waals surface area contributed by atoms with Crippen LogP contribution >= 0.6 is 0 Å². The van der Waals surface area contributed by atoms with E-state index in [0.717, 1.165) is 38.4 Å². The first-order chi connectivity index (χ1) is 8.69. The lowest BCUT2D eigenvalue weighted by atomic mass is 9.94. The van der Waals surface area contributed by atoms with E-state index in [2.05, 4.69) is 25.8 Å². The molecule has 0 aromatic carbocycles. The SMILES string of the molecule is CC(C)N(C)CC1CCN(C(=O)CC(C)(C)N)CC1. The Morgan fingerprint density at radius 3 is 2.32 bits per heavy atom. The van der Waals surface area contributed by atoms with Gasteiger partial charge in [0.15, 0.2) is 0 Å². The van der Waals surface area contributed by atoms with Crippen LogP contribution < -0.4 is 5.73 Å². The summed E-state index contributed by atoms with van der Waals surface area (Å²) in [4.78, 5) is 16.5. The van der Waals surface area contributed by atoms with E-state index in [1.807, 2.05) is 18.7 Å². The number of nitrogens with two attached hydrogens (primary N) is 1. The highest BCUT2D eigenvalue weighted by Gasteiger charge is 2.26. The maximum atomic E-state index is 12.1. The van der Waals surface area contributed by atoms with Gasteiger partial charge in [0, 0.05) is 37.6 Å². The molecule has 0 aliphatic carbocycles. The predicted molar refractivity (Wildman–Crippen MR) is 80.0 cm³/mol. The highest BCUT2D eigenvalue weighted by molar-refractivity contribution is 5.77. The van der Waals surface area contributed by atoms with E-state index in [9.17, 15) is 4.79 Å². The molecular weight excluding hydrogens is 238 g/mol. The molecule has 1 aliphatic rings. The maximum absolute atomic E-state index is 12.1. The van der Waals surface area contributed by atoms with Crippen molar-refractivity contribution in [1.82, 2.24) is 9.80 Å². The quantitative estimate of drug-likeness (QED) is 0.826. The number of rotatable bonds is 5. The van der Waals surface area contributed by atoms with E-state index in [4.69, 9.17) is 5.73 Å². The average molecular weight is 269 g/mol. The minimum absolute atomic E-state index is 0.211. The van der Waals surface area contributed by atoms with Crippen molar-refractivity contribution in [2.75, 3.05) is 26.7 Å². The third kappa shape index (κ3) is 5.91. The van der Waals surface area contributed by atoms with Crippen LogP contribution in [0.4, 0.5) is 0 Å². The summed E-state index contributed by atoms with van der Waals surface area (Å²) in [7, 11) is 2.18. The number of likely N-dealkylation sites (tertiary alicyclic amines) is 1. The largest absolute Gasteiger partial charge is 0.343 e. The molecule has 0 atom stereocenters. The normalized spacial score (nSPS) is 18.4. The van der Waals surface area contributed by atoms with Crippen molar-refractivity contribution in [2.24, 2.45) is 11.7 Å². The van der Waals surface area contributed by atoms with Crippen LogP contribution in [0.15, 0.2) is 0 Å². The Morgan fingerprint density at radius 1 is 1.37 bits per heavy atom. The van der Waals surface area contributed by atoms with E-state index < -0.39 is 5.54 Å². The number of hydrogen-bond donors (Lipinski definition) is 1. The first-order valence-electron chi connectivity index (χ1n) is 7.46. The number of hydrogen-bond acceptors (Lipinski definition) is 3. The Hall–Kier alpha value is -0.610. The van der Waals surface area contributed by atoms with Crippen LogP contribution in [-0.4, -0.2) is 54.0 Å². The van der Waals surface area contributed by atoms with Crippen molar-refractivity contribution >= 4 is 5.91 Å². The van der Waals surface area contributed by atoms with Gasteiger partial charge in [-0.1, -0.05) is 0 Å². The lowest BCUT2D eigenvalue weighted by molar-refractivity contribution is -0.133. The van der Waals surface area contributed by atoms with Crippen LogP contribution in [0.3, 0.4) is 0 Å². The summed E-state index contributed by atoms with van der Waals surface area (Å²) in [6, 6.07) is 0.595. The summed E-state index contributed by atoms with van der Waals surface area (Å²) in [5.74, 6) is 0.936. The highest BCUT2D eigenvalue weighted by Crippen LogP contribution is 2.20. The number of carbonyl (C=O) groups excluding carboxylic acids is 1. The highest BCUT2D eigenvalue weighted by atomic mass is 16.2. The summed E-state index contributed by atoms with van der Waals surface area (Å²) in [5.41, 5.74) is 5.52. The first kappa shape index (κ1) is 16.4. The molecule has 1 fully saturated rings. The van der Waals surface area contributed by atoms with E-state index in [0.29, 0.717) is 12.5 Å². The second-order valence-electron chi connectivity index (χ2n) is 7.02. The molecular formula is C15H31N3O. The van der Waals surface area contributed by atoms with E-state index >= 15 is 0 Å². The van der Waals surface area contributed by atoms with Crippen LogP contribution in [0, 0.1) is 5.92 Å². The predicted octanol–water partition coefficient (Wildman–Crippen LogP) is 1.69. The van der Waals surface area contributed by atoms with Gasteiger partial charge < -0.3 is 15.5 Å². The Morgan fingerprint density at radius 2 is 1.89 bits per heavy atom. The van der Waals surface area contributed by atoms with E-state index in [1.165, 1.54) is 0 Å². The number of piperidine rings is 1. The smallest absolute Gasteiger partial charge is 0.224 e. The Labute approximate surface area is 118 Å². The molecule has 0 saturated carbocycles. The van der Waals surface area contributed by atoms with Crippen molar-refractivity contribution in [2.45, 2.75) is 58.5 Å². The topological polar surface area (TPSA) is 49.6 Å². The maximum Gasteiger partial charge on any atom is 0.224 e. The van der Waals surface area contributed by atoms with Gasteiger partial charge in [-0.05, 0) is 53.5 Å². The lowest BCUT2D eigenvalue weighted by Crippen LogP contribution is -2.45. The van der Waals surface area contributed by atoms with Crippen molar-refractivity contribution < 1.29 is 4.79 Å².